The van der Waals surface area contributed by atoms with Crippen molar-refractivity contribution in [2.45, 2.75) is 19.3 Å². The Hall–Kier alpha value is -1.71. The van der Waals surface area contributed by atoms with Crippen LogP contribution in [0.2, 0.25) is 0 Å². The van der Waals surface area contributed by atoms with Gasteiger partial charge in [-0.15, -0.1) is 0 Å². The zero-order valence-corrected chi connectivity index (χ0v) is 8.14. The van der Waals surface area contributed by atoms with Gasteiger partial charge in [0.15, 0.2) is 5.78 Å². The number of aliphatic carboxylic acids is 1. The summed E-state index contributed by atoms with van der Waals surface area (Å²) >= 11 is 0. The Morgan fingerprint density at radius 2 is 2.40 bits per heavy atom. The fourth-order valence-corrected chi connectivity index (χ4v) is 1.95. The molecule has 0 bridgehead atoms. The number of pyridine rings is 1. The zero-order chi connectivity index (χ0) is 10.8. The Morgan fingerprint density at radius 3 is 3.13 bits per heavy atom. The van der Waals surface area contributed by atoms with Crippen LogP contribution in [0.25, 0.3) is 0 Å². The first-order valence-corrected chi connectivity index (χ1v) is 4.87. The predicted octanol–water partition coefficient (Wildman–Crippen LogP) is 1.30. The summed E-state index contributed by atoms with van der Waals surface area (Å²) in [6.07, 6.45) is 4.54. The van der Waals surface area contributed by atoms with Crippen molar-refractivity contribution in [3.05, 3.63) is 29.6 Å². The van der Waals surface area contributed by atoms with Gasteiger partial charge >= 0.3 is 5.97 Å². The van der Waals surface area contributed by atoms with Crippen LogP contribution in [0.1, 0.15) is 28.8 Å². The summed E-state index contributed by atoms with van der Waals surface area (Å²) in [5, 5.41) is 8.67. The summed E-state index contributed by atoms with van der Waals surface area (Å²) in [6.45, 7) is 0. The Balaban J connectivity index is 2.26. The van der Waals surface area contributed by atoms with Crippen molar-refractivity contribution >= 4 is 11.8 Å². The van der Waals surface area contributed by atoms with E-state index in [2.05, 4.69) is 4.98 Å². The lowest BCUT2D eigenvalue weighted by Crippen LogP contribution is -2.24. The molecule has 2 rings (SSSR count). The van der Waals surface area contributed by atoms with E-state index in [9.17, 15) is 9.59 Å². The minimum absolute atomic E-state index is 0.0546. The van der Waals surface area contributed by atoms with E-state index in [4.69, 9.17) is 5.11 Å². The second-order valence-electron chi connectivity index (χ2n) is 3.73. The number of aryl methyl sites for hydroxylation is 1. The van der Waals surface area contributed by atoms with Crippen molar-refractivity contribution in [1.29, 1.82) is 0 Å². The molecule has 0 aromatic carbocycles. The number of carbonyl (C=O) groups excluding carboxylic acids is 1. The van der Waals surface area contributed by atoms with E-state index < -0.39 is 5.97 Å². The molecule has 0 saturated carbocycles. The van der Waals surface area contributed by atoms with Crippen molar-refractivity contribution in [2.75, 3.05) is 0 Å². The molecule has 1 aromatic rings. The van der Waals surface area contributed by atoms with Gasteiger partial charge < -0.3 is 5.11 Å². The van der Waals surface area contributed by atoms with E-state index in [0.717, 1.165) is 12.0 Å². The summed E-state index contributed by atoms with van der Waals surface area (Å²) in [5.41, 5.74) is 1.58. The largest absolute Gasteiger partial charge is 0.481 e. The minimum atomic E-state index is -0.911. The first kappa shape index (κ1) is 9.83. The van der Waals surface area contributed by atoms with Gasteiger partial charge in [0.25, 0.3) is 0 Å². The quantitative estimate of drug-likeness (QED) is 0.790. The molecule has 1 aliphatic carbocycles. The highest BCUT2D eigenvalue weighted by molar-refractivity contribution is 6.01. The standard InChI is InChI=1S/C11H11NO3/c13-10(14)5-7-1-2-8-6-12-4-3-9(8)11(7)15/h3-4,6-7H,1-2,5H2,(H,13,14). The van der Waals surface area contributed by atoms with Gasteiger partial charge in [-0.25, -0.2) is 0 Å². The first-order valence-electron chi connectivity index (χ1n) is 4.87. The molecular formula is C11H11NO3. The molecule has 1 heterocycles. The number of fused-ring (bicyclic) bond motifs is 1. The molecule has 0 radical (unpaired) electrons. The van der Waals surface area contributed by atoms with E-state index in [1.165, 1.54) is 0 Å². The fourth-order valence-electron chi connectivity index (χ4n) is 1.95. The van der Waals surface area contributed by atoms with Gasteiger partial charge in [-0.3, -0.25) is 14.6 Å². The number of rotatable bonds is 2. The first-order chi connectivity index (χ1) is 7.18. The average Bonchev–Trinajstić information content (AvgIpc) is 2.22. The Morgan fingerprint density at radius 1 is 1.60 bits per heavy atom. The molecule has 1 aromatic heterocycles. The van der Waals surface area contributed by atoms with E-state index in [-0.39, 0.29) is 18.1 Å². The molecule has 1 atom stereocenters. The van der Waals surface area contributed by atoms with Crippen LogP contribution in [0.5, 0.6) is 0 Å². The molecule has 0 amide bonds. The van der Waals surface area contributed by atoms with Gasteiger partial charge in [0.05, 0.1) is 6.42 Å². The monoisotopic (exact) mass is 205 g/mol. The normalized spacial score (nSPS) is 19.7. The van der Waals surface area contributed by atoms with Crippen LogP contribution in [-0.2, 0) is 11.2 Å². The van der Waals surface area contributed by atoms with E-state index in [1.807, 2.05) is 0 Å². The summed E-state index contributed by atoms with van der Waals surface area (Å²) in [4.78, 5) is 26.4. The van der Waals surface area contributed by atoms with Crippen molar-refractivity contribution in [3.8, 4) is 0 Å². The number of carboxylic acids is 1. The van der Waals surface area contributed by atoms with Crippen LogP contribution in [0, 0.1) is 5.92 Å². The van der Waals surface area contributed by atoms with E-state index in [0.29, 0.717) is 12.0 Å². The van der Waals surface area contributed by atoms with Gasteiger partial charge in [-0.1, -0.05) is 0 Å². The second-order valence-corrected chi connectivity index (χ2v) is 3.73. The maximum Gasteiger partial charge on any atom is 0.304 e. The fraction of sp³-hybridized carbons (Fsp3) is 0.364. The average molecular weight is 205 g/mol. The lowest BCUT2D eigenvalue weighted by Gasteiger charge is -2.21. The highest BCUT2D eigenvalue weighted by atomic mass is 16.4. The molecule has 78 valence electrons. The number of carboxylic acid groups (broad SMARTS) is 1. The molecule has 0 spiro atoms. The van der Waals surface area contributed by atoms with Crippen LogP contribution in [-0.4, -0.2) is 21.8 Å². The summed E-state index contributed by atoms with van der Waals surface area (Å²) < 4.78 is 0. The van der Waals surface area contributed by atoms with Crippen LogP contribution in [0.15, 0.2) is 18.5 Å². The van der Waals surface area contributed by atoms with Crippen molar-refractivity contribution < 1.29 is 14.7 Å². The SMILES string of the molecule is O=C(O)CC1CCc2cnccc2C1=O. The predicted molar refractivity (Wildman–Crippen MR) is 52.6 cm³/mol. The third-order valence-electron chi connectivity index (χ3n) is 2.72. The van der Waals surface area contributed by atoms with Crippen LogP contribution >= 0.6 is 0 Å². The molecule has 15 heavy (non-hydrogen) atoms. The van der Waals surface area contributed by atoms with Gasteiger partial charge in [0.2, 0.25) is 0 Å². The number of hydrogen-bond acceptors (Lipinski definition) is 3. The number of nitrogens with zero attached hydrogens (tertiary/aromatic N) is 1. The molecule has 1 N–H and O–H groups in total. The number of Topliss-reactive ketones (excluding diaryl/α,β-unsaturated/α-hetero) is 1. The van der Waals surface area contributed by atoms with Crippen molar-refractivity contribution in [3.63, 3.8) is 0 Å². The molecule has 1 unspecified atom stereocenters. The van der Waals surface area contributed by atoms with Gasteiger partial charge in [-0.05, 0) is 24.5 Å². The molecule has 0 aliphatic heterocycles. The second kappa shape index (κ2) is 3.81. The number of aromatic nitrogens is 1. The molecule has 1 aliphatic rings. The lowest BCUT2D eigenvalue weighted by molar-refractivity contribution is -0.137. The van der Waals surface area contributed by atoms with E-state index in [1.54, 1.807) is 18.5 Å². The maximum absolute atomic E-state index is 11.9. The van der Waals surface area contributed by atoms with Gasteiger partial charge in [0, 0.05) is 23.9 Å². The van der Waals surface area contributed by atoms with Crippen LogP contribution in [0.4, 0.5) is 0 Å². The van der Waals surface area contributed by atoms with Crippen molar-refractivity contribution in [2.24, 2.45) is 5.92 Å². The minimum Gasteiger partial charge on any atom is -0.481 e. The molecule has 0 saturated heterocycles. The summed E-state index contributed by atoms with van der Waals surface area (Å²) in [6, 6.07) is 1.67. The number of carbonyl (C=O) groups is 2. The third kappa shape index (κ3) is 1.88. The Bertz CT molecular complexity index is 414. The molecular weight excluding hydrogens is 194 g/mol. The molecule has 4 heteroatoms. The lowest BCUT2D eigenvalue weighted by atomic mass is 9.82. The summed E-state index contributed by atoms with van der Waals surface area (Å²) in [5.74, 6) is -1.33. The zero-order valence-electron chi connectivity index (χ0n) is 8.14. The van der Waals surface area contributed by atoms with Crippen LogP contribution < -0.4 is 0 Å². The Kier molecular flexibility index (Phi) is 2.49. The number of ketones is 1. The van der Waals surface area contributed by atoms with E-state index >= 15 is 0 Å². The smallest absolute Gasteiger partial charge is 0.304 e. The Labute approximate surface area is 87.0 Å². The third-order valence-corrected chi connectivity index (χ3v) is 2.72. The summed E-state index contributed by atoms with van der Waals surface area (Å²) in [7, 11) is 0. The highest BCUT2D eigenvalue weighted by Crippen LogP contribution is 2.26. The van der Waals surface area contributed by atoms with Gasteiger partial charge in [0.1, 0.15) is 0 Å². The van der Waals surface area contributed by atoms with Gasteiger partial charge in [-0.2, -0.15) is 0 Å². The maximum atomic E-state index is 11.9. The highest BCUT2D eigenvalue weighted by Gasteiger charge is 2.28. The number of hydrogen-bond donors (Lipinski definition) is 1. The molecule has 0 fully saturated rings. The van der Waals surface area contributed by atoms with Crippen molar-refractivity contribution in [1.82, 2.24) is 4.98 Å². The topological polar surface area (TPSA) is 67.3 Å². The van der Waals surface area contributed by atoms with Crippen LogP contribution in [0.3, 0.4) is 0 Å². The molecule has 4 nitrogen and oxygen atoms in total.